The summed E-state index contributed by atoms with van der Waals surface area (Å²) in [7, 11) is 1.62. The number of ether oxygens (including phenoxy) is 1. The lowest BCUT2D eigenvalue weighted by atomic mass is 10.1. The van der Waals surface area contributed by atoms with Gasteiger partial charge in [0, 0.05) is 24.8 Å². The molecule has 1 N–H and O–H groups in total. The van der Waals surface area contributed by atoms with Crippen LogP contribution in [0.4, 0.5) is 0 Å². The minimum absolute atomic E-state index is 0.157. The number of para-hydroxylation sites is 3. The number of carbonyl (C=O) groups excluding carboxylic acids is 1. The van der Waals surface area contributed by atoms with Gasteiger partial charge in [-0.15, -0.1) is 0 Å². The molecule has 0 aliphatic heterocycles. The smallest absolute Gasteiger partial charge is 0.255 e. The van der Waals surface area contributed by atoms with E-state index in [2.05, 4.69) is 20.9 Å². The third kappa shape index (κ3) is 4.41. The molecule has 0 aliphatic carbocycles. The highest BCUT2D eigenvalue weighted by molar-refractivity contribution is 6.00. The highest BCUT2D eigenvalue weighted by Gasteiger charge is 2.19. The first kappa shape index (κ1) is 21.5. The molecule has 2 heterocycles. The van der Waals surface area contributed by atoms with Gasteiger partial charge in [0.2, 0.25) is 0 Å². The van der Waals surface area contributed by atoms with E-state index >= 15 is 0 Å². The van der Waals surface area contributed by atoms with Crippen LogP contribution in [-0.4, -0.2) is 38.9 Å². The molecule has 170 valence electrons. The van der Waals surface area contributed by atoms with Gasteiger partial charge in [-0.25, -0.2) is 9.67 Å². The minimum Gasteiger partial charge on any atom is -0.497 e. The summed E-state index contributed by atoms with van der Waals surface area (Å²) in [6.45, 7) is 1.31. The molecule has 34 heavy (non-hydrogen) atoms. The van der Waals surface area contributed by atoms with Gasteiger partial charge in [-0.2, -0.15) is 5.10 Å². The zero-order valence-electron chi connectivity index (χ0n) is 18.9. The van der Waals surface area contributed by atoms with Crippen LogP contribution in [0.5, 0.6) is 5.75 Å². The van der Waals surface area contributed by atoms with Crippen LogP contribution in [0.1, 0.15) is 16.8 Å². The molecule has 0 aliphatic rings. The topological polar surface area (TPSA) is 74.0 Å². The lowest BCUT2D eigenvalue weighted by molar-refractivity contribution is 0.0953. The van der Waals surface area contributed by atoms with Crippen molar-refractivity contribution >= 4 is 16.9 Å². The number of benzene rings is 3. The number of rotatable bonds is 8. The second-order valence-electron chi connectivity index (χ2n) is 7.94. The lowest BCUT2D eigenvalue weighted by Crippen LogP contribution is -2.25. The van der Waals surface area contributed by atoms with Gasteiger partial charge in [0.15, 0.2) is 0 Å². The van der Waals surface area contributed by atoms with E-state index < -0.39 is 0 Å². The largest absolute Gasteiger partial charge is 0.497 e. The third-order valence-electron chi connectivity index (χ3n) is 5.71. The predicted molar refractivity (Wildman–Crippen MR) is 132 cm³/mol. The average Bonchev–Trinajstić information content (AvgIpc) is 3.52. The Morgan fingerprint density at radius 1 is 1.00 bits per heavy atom. The number of aromatic nitrogens is 4. The van der Waals surface area contributed by atoms with Gasteiger partial charge in [0.05, 0.1) is 35.7 Å². The Labute approximate surface area is 197 Å². The Hall–Kier alpha value is -4.39. The number of methoxy groups -OCH3 is 1. The van der Waals surface area contributed by atoms with Crippen molar-refractivity contribution < 1.29 is 9.53 Å². The van der Waals surface area contributed by atoms with E-state index in [0.717, 1.165) is 35.2 Å². The van der Waals surface area contributed by atoms with Crippen LogP contribution >= 0.6 is 0 Å². The Morgan fingerprint density at radius 3 is 2.68 bits per heavy atom. The maximum atomic E-state index is 13.2. The van der Waals surface area contributed by atoms with Gasteiger partial charge in [0.1, 0.15) is 11.4 Å². The summed E-state index contributed by atoms with van der Waals surface area (Å²) >= 11 is 0. The zero-order valence-corrected chi connectivity index (χ0v) is 18.9. The molecule has 0 saturated carbocycles. The number of nitrogens with one attached hydrogen (secondary N) is 1. The molecule has 5 rings (SSSR count). The van der Waals surface area contributed by atoms with Crippen molar-refractivity contribution in [2.45, 2.75) is 13.0 Å². The fourth-order valence-electron chi connectivity index (χ4n) is 3.97. The quantitative estimate of drug-likeness (QED) is 0.347. The first-order valence-corrected chi connectivity index (χ1v) is 11.2. The van der Waals surface area contributed by atoms with Crippen LogP contribution in [0.2, 0.25) is 0 Å². The van der Waals surface area contributed by atoms with E-state index in [4.69, 9.17) is 9.84 Å². The fraction of sp³-hybridized carbons (Fsp3) is 0.148. The van der Waals surface area contributed by atoms with Crippen molar-refractivity contribution in [2.24, 2.45) is 0 Å². The molecule has 1 amide bonds. The van der Waals surface area contributed by atoms with Crippen LogP contribution in [0.25, 0.3) is 28.0 Å². The van der Waals surface area contributed by atoms with Gasteiger partial charge in [-0.3, -0.25) is 4.79 Å². The molecule has 5 aromatic rings. The van der Waals surface area contributed by atoms with Gasteiger partial charge < -0.3 is 14.6 Å². The number of aryl methyl sites for hydroxylation is 1. The number of fused-ring (bicyclic) bond motifs is 1. The Morgan fingerprint density at radius 2 is 1.82 bits per heavy atom. The first-order chi connectivity index (χ1) is 16.7. The number of imidazole rings is 1. The van der Waals surface area contributed by atoms with E-state index in [1.165, 1.54) is 0 Å². The van der Waals surface area contributed by atoms with Crippen LogP contribution < -0.4 is 10.1 Å². The highest BCUT2D eigenvalue weighted by atomic mass is 16.5. The maximum Gasteiger partial charge on any atom is 0.255 e. The number of carbonyl (C=O) groups is 1. The summed E-state index contributed by atoms with van der Waals surface area (Å²) in [5.74, 6) is 0.557. The molecule has 0 fully saturated rings. The molecule has 7 heteroatoms. The van der Waals surface area contributed by atoms with Crippen molar-refractivity contribution in [1.29, 1.82) is 0 Å². The Bertz CT molecular complexity index is 1420. The van der Waals surface area contributed by atoms with Crippen LogP contribution in [0.15, 0.2) is 91.4 Å². The van der Waals surface area contributed by atoms with E-state index in [1.807, 2.05) is 79.1 Å². The Balaban J connectivity index is 1.34. The molecular weight excluding hydrogens is 426 g/mol. The molecule has 0 radical (unpaired) electrons. The van der Waals surface area contributed by atoms with E-state index in [1.54, 1.807) is 18.0 Å². The molecule has 2 aromatic heterocycles. The van der Waals surface area contributed by atoms with Crippen molar-refractivity contribution in [3.63, 3.8) is 0 Å². The minimum atomic E-state index is -0.157. The SMILES string of the molecule is COc1cccc(-c2nn(-c3ccccc3)cc2C(=O)NCCCn2cnc3ccccc32)c1. The predicted octanol–water partition coefficient (Wildman–Crippen LogP) is 4.72. The zero-order chi connectivity index (χ0) is 23.3. The summed E-state index contributed by atoms with van der Waals surface area (Å²) in [4.78, 5) is 17.6. The summed E-state index contributed by atoms with van der Waals surface area (Å²) in [5.41, 5.74) is 4.91. The Kier molecular flexibility index (Phi) is 6.07. The lowest BCUT2D eigenvalue weighted by Gasteiger charge is -2.07. The number of hydrogen-bond acceptors (Lipinski definition) is 4. The summed E-state index contributed by atoms with van der Waals surface area (Å²) in [6.07, 6.45) is 4.41. The molecule has 0 bridgehead atoms. The van der Waals surface area contributed by atoms with Crippen LogP contribution in [0, 0.1) is 0 Å². The van der Waals surface area contributed by atoms with Crippen LogP contribution in [-0.2, 0) is 6.54 Å². The normalized spacial score (nSPS) is 11.0. The fourth-order valence-corrected chi connectivity index (χ4v) is 3.97. The van der Waals surface area contributed by atoms with Gasteiger partial charge >= 0.3 is 0 Å². The van der Waals surface area contributed by atoms with Gasteiger partial charge in [-0.1, -0.05) is 42.5 Å². The van der Waals surface area contributed by atoms with Crippen molar-refractivity contribution in [3.05, 3.63) is 97.0 Å². The first-order valence-electron chi connectivity index (χ1n) is 11.2. The number of nitrogens with zero attached hydrogens (tertiary/aromatic N) is 4. The molecule has 3 aromatic carbocycles. The summed E-state index contributed by atoms with van der Waals surface area (Å²) in [5, 5.41) is 7.79. The van der Waals surface area contributed by atoms with E-state index in [0.29, 0.717) is 23.6 Å². The second kappa shape index (κ2) is 9.62. The molecule has 0 atom stereocenters. The highest BCUT2D eigenvalue weighted by Crippen LogP contribution is 2.27. The number of hydrogen-bond donors (Lipinski definition) is 1. The van der Waals surface area contributed by atoms with E-state index in [9.17, 15) is 4.79 Å². The third-order valence-corrected chi connectivity index (χ3v) is 5.71. The molecule has 0 unspecified atom stereocenters. The van der Waals surface area contributed by atoms with Gasteiger partial charge in [-0.05, 0) is 42.8 Å². The number of amides is 1. The maximum absolute atomic E-state index is 13.2. The van der Waals surface area contributed by atoms with Crippen molar-refractivity contribution in [3.8, 4) is 22.7 Å². The van der Waals surface area contributed by atoms with Crippen molar-refractivity contribution in [2.75, 3.05) is 13.7 Å². The van der Waals surface area contributed by atoms with E-state index in [-0.39, 0.29) is 5.91 Å². The summed E-state index contributed by atoms with van der Waals surface area (Å²) in [6, 6.07) is 25.4. The molecule has 0 spiro atoms. The molecular formula is C27H25N5O2. The average molecular weight is 452 g/mol. The van der Waals surface area contributed by atoms with Gasteiger partial charge in [0.25, 0.3) is 5.91 Å². The molecule has 0 saturated heterocycles. The molecule has 7 nitrogen and oxygen atoms in total. The summed E-state index contributed by atoms with van der Waals surface area (Å²) < 4.78 is 9.22. The van der Waals surface area contributed by atoms with Crippen LogP contribution in [0.3, 0.4) is 0 Å². The second-order valence-corrected chi connectivity index (χ2v) is 7.94. The van der Waals surface area contributed by atoms with Crippen molar-refractivity contribution in [1.82, 2.24) is 24.6 Å². The standard InChI is InChI=1S/C27H25N5O2/c1-34-22-12-7-9-20(17-22)26-23(18-32(30-26)21-10-3-2-4-11-21)27(33)28-15-8-16-31-19-29-24-13-5-6-14-25(24)31/h2-7,9-14,17-19H,8,15-16H2,1H3,(H,28,33). The monoisotopic (exact) mass is 451 g/mol.